The topological polar surface area (TPSA) is 126 Å². The Morgan fingerprint density at radius 1 is 1.05 bits per heavy atom. The highest BCUT2D eigenvalue weighted by molar-refractivity contribution is 7.91. The number of aromatic nitrogens is 3. The number of hydrogen-bond acceptors (Lipinski definition) is 8. The Labute approximate surface area is 249 Å². The van der Waals surface area contributed by atoms with Crippen molar-refractivity contribution in [1.82, 2.24) is 14.5 Å². The number of carbonyl (C=O) groups is 1. The van der Waals surface area contributed by atoms with Crippen molar-refractivity contribution in [1.29, 1.82) is 0 Å². The van der Waals surface area contributed by atoms with Crippen LogP contribution in [0.15, 0.2) is 71.8 Å². The van der Waals surface area contributed by atoms with Crippen molar-refractivity contribution < 1.29 is 17.6 Å². The fourth-order valence-corrected chi connectivity index (χ4v) is 6.09. The first-order chi connectivity index (χ1) is 20.6. The maximum Gasteiger partial charge on any atom is 0.293 e. The maximum atomic E-state index is 15.8. The van der Waals surface area contributed by atoms with E-state index in [-0.39, 0.29) is 34.3 Å². The Kier molecular flexibility index (Phi) is 8.86. The van der Waals surface area contributed by atoms with Gasteiger partial charge in [0.05, 0.1) is 34.1 Å². The Bertz CT molecular complexity index is 1790. The van der Waals surface area contributed by atoms with Gasteiger partial charge in [-0.25, -0.2) is 17.8 Å². The van der Waals surface area contributed by atoms with Crippen LogP contribution in [-0.4, -0.2) is 53.5 Å². The van der Waals surface area contributed by atoms with Gasteiger partial charge in [0, 0.05) is 49.5 Å². The van der Waals surface area contributed by atoms with Crippen molar-refractivity contribution in [3.8, 4) is 11.3 Å². The molecule has 0 bridgehead atoms. The molecular formula is C31H33FN6O4S. The number of pyridine rings is 1. The molecule has 0 unspecified atom stereocenters. The molecule has 0 atom stereocenters. The maximum absolute atomic E-state index is 15.8. The number of rotatable bonds is 9. The van der Waals surface area contributed by atoms with Crippen LogP contribution in [0.4, 0.5) is 27.3 Å². The van der Waals surface area contributed by atoms with Gasteiger partial charge in [-0.15, -0.1) is 0 Å². The molecule has 1 aliphatic rings. The monoisotopic (exact) mass is 604 g/mol. The quantitative estimate of drug-likeness (QED) is 0.285. The second-order valence-electron chi connectivity index (χ2n) is 10.4. The smallest absolute Gasteiger partial charge is 0.293 e. The second-order valence-corrected chi connectivity index (χ2v) is 12.7. The van der Waals surface area contributed by atoms with Gasteiger partial charge in [-0.1, -0.05) is 19.4 Å². The molecule has 0 spiro atoms. The Balaban J connectivity index is 1.37. The first kappa shape index (κ1) is 29.9. The summed E-state index contributed by atoms with van der Waals surface area (Å²) in [6.07, 6.45) is 5.55. The summed E-state index contributed by atoms with van der Waals surface area (Å²) in [5.74, 6) is -0.906. The number of carbonyl (C=O) groups excluding carboxylic acids is 1. The molecule has 0 aliphatic carbocycles. The fourth-order valence-electron chi connectivity index (χ4n) is 4.88. The highest BCUT2D eigenvalue weighted by Crippen LogP contribution is 2.28. The number of halogens is 1. The van der Waals surface area contributed by atoms with E-state index in [1.165, 1.54) is 22.9 Å². The van der Waals surface area contributed by atoms with Crippen molar-refractivity contribution in [2.24, 2.45) is 7.05 Å². The van der Waals surface area contributed by atoms with Crippen LogP contribution < -0.4 is 21.1 Å². The predicted molar refractivity (Wildman–Crippen MR) is 166 cm³/mol. The fraction of sp³-hybridized carbons (Fsp3) is 0.290. The van der Waals surface area contributed by atoms with Crippen molar-refractivity contribution in [2.75, 3.05) is 40.1 Å². The van der Waals surface area contributed by atoms with E-state index in [1.54, 1.807) is 43.6 Å². The minimum Gasteiger partial charge on any atom is -0.369 e. The first-order valence-corrected chi connectivity index (χ1v) is 15.9. The molecule has 43 heavy (non-hydrogen) atoms. The molecule has 1 fully saturated rings. The van der Waals surface area contributed by atoms with Crippen LogP contribution in [0, 0.1) is 5.82 Å². The molecule has 1 amide bonds. The summed E-state index contributed by atoms with van der Waals surface area (Å²) in [5, 5.41) is 5.69. The van der Waals surface area contributed by atoms with E-state index < -0.39 is 27.1 Å². The molecule has 10 nitrogen and oxygen atoms in total. The highest BCUT2D eigenvalue weighted by atomic mass is 32.2. The summed E-state index contributed by atoms with van der Waals surface area (Å²) in [6.45, 7) is 2.90. The molecule has 224 valence electrons. The molecule has 12 heteroatoms. The number of amides is 1. The molecule has 1 aliphatic heterocycles. The Morgan fingerprint density at radius 2 is 1.79 bits per heavy atom. The van der Waals surface area contributed by atoms with Gasteiger partial charge in [-0.05, 0) is 61.4 Å². The van der Waals surface area contributed by atoms with Crippen LogP contribution >= 0.6 is 0 Å². The molecule has 0 saturated carbocycles. The van der Waals surface area contributed by atoms with Gasteiger partial charge < -0.3 is 20.1 Å². The zero-order chi connectivity index (χ0) is 30.6. The molecule has 1 saturated heterocycles. The van der Waals surface area contributed by atoms with E-state index in [2.05, 4.69) is 27.5 Å². The van der Waals surface area contributed by atoms with Gasteiger partial charge >= 0.3 is 0 Å². The van der Waals surface area contributed by atoms with E-state index in [1.807, 2.05) is 17.0 Å². The number of sulfone groups is 1. The second kappa shape index (κ2) is 12.7. The van der Waals surface area contributed by atoms with E-state index in [9.17, 15) is 18.0 Å². The summed E-state index contributed by atoms with van der Waals surface area (Å²) in [4.78, 5) is 36.8. The van der Waals surface area contributed by atoms with Crippen LogP contribution in [0.25, 0.3) is 11.3 Å². The molecule has 0 radical (unpaired) electrons. The van der Waals surface area contributed by atoms with E-state index in [0.717, 1.165) is 18.5 Å². The molecule has 2 N–H and O–H groups in total. The average Bonchev–Trinajstić information content (AvgIpc) is 3.00. The summed E-state index contributed by atoms with van der Waals surface area (Å²) < 4.78 is 40.6. The Hall–Kier alpha value is -4.58. The van der Waals surface area contributed by atoms with Crippen molar-refractivity contribution in [2.45, 2.75) is 26.2 Å². The van der Waals surface area contributed by atoms with Gasteiger partial charge in [0.25, 0.3) is 11.5 Å². The average molecular weight is 605 g/mol. The molecule has 3 heterocycles. The first-order valence-electron chi connectivity index (χ1n) is 14.1. The van der Waals surface area contributed by atoms with Gasteiger partial charge in [-0.3, -0.25) is 14.6 Å². The predicted octanol–water partition coefficient (Wildman–Crippen LogP) is 4.55. The number of benzene rings is 2. The molecule has 5 rings (SSSR count). The van der Waals surface area contributed by atoms with Crippen molar-refractivity contribution in [3.63, 3.8) is 0 Å². The zero-order valence-corrected chi connectivity index (χ0v) is 24.8. The lowest BCUT2D eigenvalue weighted by molar-refractivity contribution is 0.102. The van der Waals surface area contributed by atoms with Crippen LogP contribution in [-0.2, 0) is 23.3 Å². The van der Waals surface area contributed by atoms with Gasteiger partial charge in [0.2, 0.25) is 0 Å². The summed E-state index contributed by atoms with van der Waals surface area (Å²) >= 11 is 0. The third kappa shape index (κ3) is 6.91. The van der Waals surface area contributed by atoms with E-state index >= 15 is 4.39 Å². The van der Waals surface area contributed by atoms with E-state index in [0.29, 0.717) is 36.5 Å². The third-order valence-electron chi connectivity index (χ3n) is 7.34. The highest BCUT2D eigenvalue weighted by Gasteiger charge is 2.22. The summed E-state index contributed by atoms with van der Waals surface area (Å²) in [5.41, 5.74) is 2.41. The lowest BCUT2D eigenvalue weighted by atomic mass is 10.1. The van der Waals surface area contributed by atoms with Crippen molar-refractivity contribution >= 4 is 38.6 Å². The lowest BCUT2D eigenvalue weighted by Crippen LogP contribution is -2.40. The van der Waals surface area contributed by atoms with Gasteiger partial charge in [0.1, 0.15) is 0 Å². The number of aryl methyl sites for hydroxylation is 2. The number of anilines is 4. The van der Waals surface area contributed by atoms with Crippen LogP contribution in [0.1, 0.15) is 35.8 Å². The van der Waals surface area contributed by atoms with Crippen LogP contribution in [0.5, 0.6) is 0 Å². The number of unbranched alkanes of at least 4 members (excludes halogenated alkanes) is 1. The number of nitrogens with zero attached hydrogens (tertiary/aromatic N) is 4. The van der Waals surface area contributed by atoms with Crippen LogP contribution in [0.2, 0.25) is 0 Å². The number of nitrogens with one attached hydrogen (secondary N) is 2. The third-order valence-corrected chi connectivity index (χ3v) is 8.94. The van der Waals surface area contributed by atoms with Crippen LogP contribution in [0.3, 0.4) is 0 Å². The van der Waals surface area contributed by atoms with Gasteiger partial charge in [0.15, 0.2) is 21.5 Å². The molecule has 2 aromatic carbocycles. The SMILES string of the molecule is CCCCc1ncccc1C(=O)Nc1cccc(-c2cn(C)c(=O)c(Nc3ccc(N4CCS(=O)(=O)CC4)cc3)n2)c1F. The molecule has 2 aromatic heterocycles. The van der Waals surface area contributed by atoms with E-state index in [4.69, 9.17) is 0 Å². The largest absolute Gasteiger partial charge is 0.369 e. The lowest BCUT2D eigenvalue weighted by Gasteiger charge is -2.28. The number of hydrogen-bond donors (Lipinski definition) is 2. The molecular weight excluding hydrogens is 571 g/mol. The summed E-state index contributed by atoms with van der Waals surface area (Å²) in [7, 11) is -1.44. The zero-order valence-electron chi connectivity index (χ0n) is 24.0. The van der Waals surface area contributed by atoms with Crippen molar-refractivity contribution in [3.05, 3.63) is 94.4 Å². The minimum atomic E-state index is -2.99. The summed E-state index contributed by atoms with van der Waals surface area (Å²) in [6, 6.07) is 15.2. The normalized spacial score (nSPS) is 14.3. The standard InChI is InChI=1S/C31H33FN6O4S/c1-3-4-9-25-24(8-6-15-33-25)30(39)36-26-10-5-7-23(28(26)32)27-20-37(2)31(40)29(35-27)34-21-11-13-22(14-12-21)38-16-18-43(41,42)19-17-38/h5-8,10-15,20H,3-4,9,16-19H2,1-2H3,(H,34,35)(H,36,39). The minimum absolute atomic E-state index is 0.00146. The van der Waals surface area contributed by atoms with Gasteiger partial charge in [-0.2, -0.15) is 0 Å². The molecule has 4 aromatic rings. The Morgan fingerprint density at radius 3 is 2.51 bits per heavy atom.